The normalized spacial score (nSPS) is 10.2. The molecule has 0 aliphatic rings. The second-order valence-corrected chi connectivity index (χ2v) is 4.78. The number of benzene rings is 2. The van der Waals surface area contributed by atoms with Crippen LogP contribution in [-0.4, -0.2) is 18.3 Å². The van der Waals surface area contributed by atoms with Gasteiger partial charge in [0, 0.05) is 5.56 Å². The summed E-state index contributed by atoms with van der Waals surface area (Å²) in [6.07, 6.45) is -1.14. The van der Waals surface area contributed by atoms with Gasteiger partial charge in [-0.3, -0.25) is 5.32 Å². The van der Waals surface area contributed by atoms with E-state index >= 15 is 0 Å². The molecule has 0 saturated heterocycles. The molecule has 1 amide bonds. The smallest absolute Gasteiger partial charge is 0.409 e. The van der Waals surface area contributed by atoms with Crippen molar-refractivity contribution in [1.82, 2.24) is 0 Å². The number of hydrogen-bond acceptors (Lipinski definition) is 2. The van der Waals surface area contributed by atoms with Gasteiger partial charge < -0.3 is 9.84 Å². The van der Waals surface area contributed by atoms with Crippen LogP contribution in [0.3, 0.4) is 0 Å². The molecule has 0 aromatic heterocycles. The summed E-state index contributed by atoms with van der Waals surface area (Å²) in [5, 5.41) is 12.0. The molecule has 2 aromatic carbocycles. The Labute approximate surface area is 125 Å². The van der Waals surface area contributed by atoms with E-state index in [1.54, 1.807) is 36.4 Å². The maximum Gasteiger partial charge on any atom is 0.409 e. The second kappa shape index (κ2) is 6.03. The van der Waals surface area contributed by atoms with Crippen LogP contribution in [0.1, 0.15) is 0 Å². The van der Waals surface area contributed by atoms with Gasteiger partial charge in [0.25, 0.3) is 0 Å². The van der Waals surface area contributed by atoms with E-state index in [9.17, 15) is 4.79 Å². The van der Waals surface area contributed by atoms with E-state index in [4.69, 9.17) is 33.0 Å². The van der Waals surface area contributed by atoms with Crippen molar-refractivity contribution in [3.63, 3.8) is 0 Å². The average molecular weight is 312 g/mol. The molecule has 4 nitrogen and oxygen atoms in total. The highest BCUT2D eigenvalue weighted by molar-refractivity contribution is 6.42. The van der Waals surface area contributed by atoms with Gasteiger partial charge in [-0.15, -0.1) is 0 Å². The standard InChI is InChI=1S/C14H11Cl2NO3/c1-20-9-3-5-13(17-14(18)19)10(7-9)8-2-4-11(15)12(16)6-8/h2-7,17H,1H3,(H,18,19). The Morgan fingerprint density at radius 2 is 1.90 bits per heavy atom. The first-order valence-electron chi connectivity index (χ1n) is 5.64. The third kappa shape index (κ3) is 3.15. The summed E-state index contributed by atoms with van der Waals surface area (Å²) in [6, 6.07) is 10.1. The minimum Gasteiger partial charge on any atom is -0.497 e. The van der Waals surface area contributed by atoms with Crippen LogP contribution in [0.5, 0.6) is 5.75 Å². The van der Waals surface area contributed by atoms with Gasteiger partial charge in [-0.25, -0.2) is 4.79 Å². The number of rotatable bonds is 3. The van der Waals surface area contributed by atoms with Gasteiger partial charge in [-0.2, -0.15) is 0 Å². The summed E-state index contributed by atoms with van der Waals surface area (Å²) in [6.45, 7) is 0. The lowest BCUT2D eigenvalue weighted by Crippen LogP contribution is -2.08. The Balaban J connectivity index is 2.56. The first-order valence-corrected chi connectivity index (χ1v) is 6.40. The quantitative estimate of drug-likeness (QED) is 0.859. The van der Waals surface area contributed by atoms with Crippen LogP contribution >= 0.6 is 23.2 Å². The van der Waals surface area contributed by atoms with Gasteiger partial charge in [0.2, 0.25) is 0 Å². The Kier molecular flexibility index (Phi) is 4.37. The minimum atomic E-state index is -1.14. The summed E-state index contributed by atoms with van der Waals surface area (Å²) in [7, 11) is 1.54. The Bertz CT molecular complexity index is 659. The van der Waals surface area contributed by atoms with Gasteiger partial charge in [0.15, 0.2) is 0 Å². The summed E-state index contributed by atoms with van der Waals surface area (Å²) < 4.78 is 5.16. The van der Waals surface area contributed by atoms with Crippen molar-refractivity contribution in [3.8, 4) is 16.9 Å². The molecule has 2 aromatic rings. The molecule has 0 atom stereocenters. The first kappa shape index (κ1) is 14.5. The van der Waals surface area contributed by atoms with Crippen molar-refractivity contribution >= 4 is 35.0 Å². The number of methoxy groups -OCH3 is 1. The van der Waals surface area contributed by atoms with Crippen molar-refractivity contribution in [2.75, 3.05) is 12.4 Å². The highest BCUT2D eigenvalue weighted by Gasteiger charge is 2.11. The average Bonchev–Trinajstić information content (AvgIpc) is 2.42. The summed E-state index contributed by atoms with van der Waals surface area (Å²) in [5.41, 5.74) is 1.84. The second-order valence-electron chi connectivity index (χ2n) is 3.97. The summed E-state index contributed by atoms with van der Waals surface area (Å²) in [4.78, 5) is 10.8. The fourth-order valence-electron chi connectivity index (χ4n) is 1.78. The maximum atomic E-state index is 10.8. The van der Waals surface area contributed by atoms with E-state index in [0.29, 0.717) is 27.0 Å². The highest BCUT2D eigenvalue weighted by atomic mass is 35.5. The molecule has 0 spiro atoms. The third-order valence-corrected chi connectivity index (χ3v) is 3.44. The molecule has 104 valence electrons. The number of hydrogen-bond donors (Lipinski definition) is 2. The first-order chi connectivity index (χ1) is 9.51. The van der Waals surface area contributed by atoms with Crippen LogP contribution in [0.4, 0.5) is 10.5 Å². The van der Waals surface area contributed by atoms with Crippen molar-refractivity contribution in [2.24, 2.45) is 0 Å². The zero-order valence-electron chi connectivity index (χ0n) is 10.5. The van der Waals surface area contributed by atoms with Crippen LogP contribution in [0, 0.1) is 0 Å². The Morgan fingerprint density at radius 1 is 1.15 bits per heavy atom. The number of carbonyl (C=O) groups is 1. The van der Waals surface area contributed by atoms with Crippen molar-refractivity contribution in [3.05, 3.63) is 46.4 Å². The molecule has 0 unspecified atom stereocenters. The van der Waals surface area contributed by atoms with E-state index in [1.807, 2.05) is 0 Å². The van der Waals surface area contributed by atoms with E-state index in [1.165, 1.54) is 7.11 Å². The number of carboxylic acid groups (broad SMARTS) is 1. The topological polar surface area (TPSA) is 58.6 Å². The lowest BCUT2D eigenvalue weighted by molar-refractivity contribution is 0.210. The predicted octanol–water partition coefficient (Wildman–Crippen LogP) is 4.76. The number of halogens is 2. The molecule has 0 saturated carbocycles. The van der Waals surface area contributed by atoms with E-state index in [-0.39, 0.29) is 0 Å². The van der Waals surface area contributed by atoms with Crippen LogP contribution in [0.2, 0.25) is 10.0 Å². The van der Waals surface area contributed by atoms with Crippen LogP contribution in [0.25, 0.3) is 11.1 Å². The fourth-order valence-corrected chi connectivity index (χ4v) is 2.08. The SMILES string of the molecule is COc1ccc(NC(=O)O)c(-c2ccc(Cl)c(Cl)c2)c1. The molecule has 0 fully saturated rings. The van der Waals surface area contributed by atoms with Gasteiger partial charge in [0.1, 0.15) is 5.75 Å². The van der Waals surface area contributed by atoms with Crippen molar-refractivity contribution in [1.29, 1.82) is 0 Å². The molecular weight excluding hydrogens is 301 g/mol. The van der Waals surface area contributed by atoms with E-state index in [0.717, 1.165) is 5.56 Å². The van der Waals surface area contributed by atoms with Crippen molar-refractivity contribution in [2.45, 2.75) is 0 Å². The van der Waals surface area contributed by atoms with E-state index < -0.39 is 6.09 Å². The molecule has 2 rings (SSSR count). The molecule has 0 heterocycles. The number of ether oxygens (including phenoxy) is 1. The molecule has 0 radical (unpaired) electrons. The Hall–Kier alpha value is -1.91. The van der Waals surface area contributed by atoms with Gasteiger partial charge in [-0.1, -0.05) is 29.3 Å². The number of nitrogens with one attached hydrogen (secondary N) is 1. The zero-order chi connectivity index (χ0) is 14.7. The lowest BCUT2D eigenvalue weighted by atomic mass is 10.0. The molecule has 0 aliphatic carbocycles. The molecular formula is C14H11Cl2NO3. The molecule has 0 aliphatic heterocycles. The minimum absolute atomic E-state index is 0.397. The number of amides is 1. The summed E-state index contributed by atoms with van der Waals surface area (Å²) in [5.74, 6) is 0.613. The van der Waals surface area contributed by atoms with Gasteiger partial charge in [-0.05, 0) is 35.9 Å². The fraction of sp³-hybridized carbons (Fsp3) is 0.0714. The largest absolute Gasteiger partial charge is 0.497 e. The molecule has 6 heteroatoms. The lowest BCUT2D eigenvalue weighted by Gasteiger charge is -2.12. The molecule has 2 N–H and O–H groups in total. The van der Waals surface area contributed by atoms with Gasteiger partial charge >= 0.3 is 6.09 Å². The van der Waals surface area contributed by atoms with E-state index in [2.05, 4.69) is 5.32 Å². The monoisotopic (exact) mass is 311 g/mol. The van der Waals surface area contributed by atoms with Crippen molar-refractivity contribution < 1.29 is 14.6 Å². The number of anilines is 1. The maximum absolute atomic E-state index is 10.8. The Morgan fingerprint density at radius 3 is 2.50 bits per heavy atom. The van der Waals surface area contributed by atoms with Crippen LogP contribution in [0.15, 0.2) is 36.4 Å². The highest BCUT2D eigenvalue weighted by Crippen LogP contribution is 2.35. The van der Waals surface area contributed by atoms with Crippen LogP contribution in [-0.2, 0) is 0 Å². The molecule has 20 heavy (non-hydrogen) atoms. The zero-order valence-corrected chi connectivity index (χ0v) is 12.0. The van der Waals surface area contributed by atoms with Crippen LogP contribution < -0.4 is 10.1 Å². The molecule has 0 bridgehead atoms. The third-order valence-electron chi connectivity index (χ3n) is 2.70. The predicted molar refractivity (Wildman–Crippen MR) is 80.1 cm³/mol. The van der Waals surface area contributed by atoms with Gasteiger partial charge in [0.05, 0.1) is 22.8 Å². The summed E-state index contributed by atoms with van der Waals surface area (Å²) >= 11 is 11.9.